The van der Waals surface area contributed by atoms with Gasteiger partial charge in [-0.3, -0.25) is 4.90 Å². The second kappa shape index (κ2) is 8.48. The van der Waals surface area contributed by atoms with Gasteiger partial charge in [-0.25, -0.2) is 13.6 Å². The number of ether oxygens (including phenoxy) is 1. The van der Waals surface area contributed by atoms with E-state index in [0.29, 0.717) is 17.2 Å². The Morgan fingerprint density at radius 2 is 1.93 bits per heavy atom. The van der Waals surface area contributed by atoms with Crippen molar-refractivity contribution in [3.05, 3.63) is 77.0 Å². The highest BCUT2D eigenvalue weighted by Crippen LogP contribution is 2.37. The Morgan fingerprint density at radius 3 is 2.54 bits per heavy atom. The normalized spacial score (nSPS) is 16.8. The number of hydrogen-bond acceptors (Lipinski definition) is 3. The van der Waals surface area contributed by atoms with E-state index in [1.54, 1.807) is 4.90 Å². The minimum Gasteiger partial charge on any atom is -0.466 e. The van der Waals surface area contributed by atoms with E-state index in [0.717, 1.165) is 24.2 Å². The number of thiocarbonyl (C=S) groups is 1. The summed E-state index contributed by atoms with van der Waals surface area (Å²) < 4.78 is 32.9. The van der Waals surface area contributed by atoms with Gasteiger partial charge in [-0.15, -0.1) is 0 Å². The molecule has 0 aromatic heterocycles. The zero-order valence-corrected chi connectivity index (χ0v) is 16.4. The van der Waals surface area contributed by atoms with Crippen LogP contribution in [0.4, 0.5) is 14.5 Å². The highest BCUT2D eigenvalue weighted by Gasteiger charge is 2.37. The summed E-state index contributed by atoms with van der Waals surface area (Å²) in [5, 5.41) is 3.36. The van der Waals surface area contributed by atoms with Crippen molar-refractivity contribution in [2.24, 2.45) is 0 Å². The van der Waals surface area contributed by atoms with E-state index >= 15 is 0 Å². The molecule has 1 atom stereocenters. The van der Waals surface area contributed by atoms with Gasteiger partial charge in [-0.1, -0.05) is 37.6 Å². The molecule has 146 valence electrons. The van der Waals surface area contributed by atoms with Crippen LogP contribution in [0.5, 0.6) is 0 Å². The largest absolute Gasteiger partial charge is 0.466 e. The average Bonchev–Trinajstić information content (AvgIpc) is 2.68. The molecule has 7 heteroatoms. The first-order chi connectivity index (χ1) is 13.5. The van der Waals surface area contributed by atoms with Crippen LogP contribution in [0.2, 0.25) is 0 Å². The Balaban J connectivity index is 2.23. The van der Waals surface area contributed by atoms with E-state index < -0.39 is 23.6 Å². The fourth-order valence-corrected chi connectivity index (χ4v) is 3.65. The van der Waals surface area contributed by atoms with Gasteiger partial charge in [0.25, 0.3) is 0 Å². The van der Waals surface area contributed by atoms with Crippen molar-refractivity contribution in [1.82, 2.24) is 5.32 Å². The van der Waals surface area contributed by atoms with Gasteiger partial charge in [0, 0.05) is 23.0 Å². The zero-order valence-electron chi connectivity index (χ0n) is 15.5. The summed E-state index contributed by atoms with van der Waals surface area (Å²) >= 11 is 5.55. The summed E-state index contributed by atoms with van der Waals surface area (Å²) in [6.07, 6.45) is 1.26. The SMILES string of the molecule is CCCC1=C(C(=O)OC)[C@@H](c2ccc(F)cc2F)NC(=S)N1c1ccccc1. The molecular formula is C21H20F2N2O2S. The van der Waals surface area contributed by atoms with Gasteiger partial charge in [0.15, 0.2) is 5.11 Å². The number of allylic oxidation sites excluding steroid dienone is 1. The molecule has 4 nitrogen and oxygen atoms in total. The van der Waals surface area contributed by atoms with Gasteiger partial charge in [-0.2, -0.15) is 0 Å². The maximum atomic E-state index is 14.5. The molecule has 2 aromatic carbocycles. The predicted octanol–water partition coefficient (Wildman–Crippen LogP) is 4.63. The number of anilines is 1. The molecule has 1 heterocycles. The first kappa shape index (κ1) is 19.9. The summed E-state index contributed by atoms with van der Waals surface area (Å²) in [5.41, 5.74) is 1.80. The van der Waals surface area contributed by atoms with Crippen LogP contribution in [0.25, 0.3) is 0 Å². The number of methoxy groups -OCH3 is 1. The second-order valence-electron chi connectivity index (χ2n) is 6.32. The number of nitrogens with zero attached hydrogens (tertiary/aromatic N) is 1. The van der Waals surface area contributed by atoms with Crippen molar-refractivity contribution < 1.29 is 18.3 Å². The van der Waals surface area contributed by atoms with Crippen LogP contribution in [0.15, 0.2) is 59.8 Å². The predicted molar refractivity (Wildman–Crippen MR) is 108 cm³/mol. The Kier molecular flexibility index (Phi) is 6.04. The van der Waals surface area contributed by atoms with Crippen molar-refractivity contribution in [3.63, 3.8) is 0 Å². The van der Waals surface area contributed by atoms with Crippen molar-refractivity contribution in [1.29, 1.82) is 0 Å². The number of carbonyl (C=O) groups is 1. The molecule has 1 N–H and O–H groups in total. The summed E-state index contributed by atoms with van der Waals surface area (Å²) in [7, 11) is 1.27. The molecule has 1 aliphatic rings. The van der Waals surface area contributed by atoms with Crippen LogP contribution in [-0.2, 0) is 9.53 Å². The molecule has 0 spiro atoms. The zero-order chi connectivity index (χ0) is 20.3. The van der Waals surface area contributed by atoms with E-state index in [-0.39, 0.29) is 11.1 Å². The molecule has 1 aliphatic heterocycles. The minimum atomic E-state index is -0.873. The van der Waals surface area contributed by atoms with Crippen molar-refractivity contribution in [3.8, 4) is 0 Å². The molecule has 0 amide bonds. The van der Waals surface area contributed by atoms with Crippen LogP contribution < -0.4 is 10.2 Å². The second-order valence-corrected chi connectivity index (χ2v) is 6.71. The Morgan fingerprint density at radius 1 is 1.21 bits per heavy atom. The number of nitrogens with one attached hydrogen (secondary N) is 1. The fourth-order valence-electron chi connectivity index (χ4n) is 3.32. The quantitative estimate of drug-likeness (QED) is 0.584. The summed E-state index contributed by atoms with van der Waals surface area (Å²) in [4.78, 5) is 14.5. The van der Waals surface area contributed by atoms with Gasteiger partial charge < -0.3 is 10.1 Å². The highest BCUT2D eigenvalue weighted by atomic mass is 32.1. The number of benzene rings is 2. The lowest BCUT2D eigenvalue weighted by Crippen LogP contribution is -2.48. The lowest BCUT2D eigenvalue weighted by molar-refractivity contribution is -0.136. The van der Waals surface area contributed by atoms with Crippen molar-refractivity contribution in [2.45, 2.75) is 25.8 Å². The monoisotopic (exact) mass is 402 g/mol. The van der Waals surface area contributed by atoms with Gasteiger partial charge in [0.2, 0.25) is 0 Å². The number of halogens is 2. The Hall–Kier alpha value is -2.80. The van der Waals surface area contributed by atoms with Gasteiger partial charge in [0.05, 0.1) is 18.7 Å². The van der Waals surface area contributed by atoms with Gasteiger partial charge >= 0.3 is 5.97 Å². The fraction of sp³-hybridized carbons (Fsp3) is 0.238. The summed E-state index contributed by atoms with van der Waals surface area (Å²) in [6.45, 7) is 1.98. The smallest absolute Gasteiger partial charge is 0.338 e. The molecule has 2 aromatic rings. The lowest BCUT2D eigenvalue weighted by Gasteiger charge is -2.38. The average molecular weight is 402 g/mol. The minimum absolute atomic E-state index is 0.130. The third-order valence-electron chi connectivity index (χ3n) is 4.52. The highest BCUT2D eigenvalue weighted by molar-refractivity contribution is 7.80. The molecule has 0 radical (unpaired) electrons. The van der Waals surface area contributed by atoms with E-state index in [4.69, 9.17) is 17.0 Å². The van der Waals surface area contributed by atoms with E-state index in [1.807, 2.05) is 37.3 Å². The third kappa shape index (κ3) is 3.75. The number of para-hydroxylation sites is 1. The summed E-state index contributed by atoms with van der Waals surface area (Å²) in [6, 6.07) is 11.7. The van der Waals surface area contributed by atoms with E-state index in [1.165, 1.54) is 13.2 Å². The van der Waals surface area contributed by atoms with Crippen LogP contribution in [0.3, 0.4) is 0 Å². The Labute approximate surface area is 167 Å². The first-order valence-corrected chi connectivity index (χ1v) is 9.30. The van der Waals surface area contributed by atoms with Crippen LogP contribution in [0, 0.1) is 11.6 Å². The molecule has 0 aliphatic carbocycles. The third-order valence-corrected chi connectivity index (χ3v) is 4.82. The van der Waals surface area contributed by atoms with E-state index in [9.17, 15) is 13.6 Å². The van der Waals surface area contributed by atoms with Crippen LogP contribution in [-0.4, -0.2) is 18.2 Å². The van der Waals surface area contributed by atoms with Crippen molar-refractivity contribution in [2.75, 3.05) is 12.0 Å². The molecule has 0 saturated heterocycles. The topological polar surface area (TPSA) is 41.6 Å². The molecular weight excluding hydrogens is 382 g/mol. The molecule has 28 heavy (non-hydrogen) atoms. The molecule has 0 bridgehead atoms. The number of hydrogen-bond donors (Lipinski definition) is 1. The van der Waals surface area contributed by atoms with Crippen LogP contribution in [0.1, 0.15) is 31.4 Å². The lowest BCUT2D eigenvalue weighted by atomic mass is 9.92. The van der Waals surface area contributed by atoms with Gasteiger partial charge in [0.1, 0.15) is 11.6 Å². The molecule has 0 fully saturated rings. The summed E-state index contributed by atoms with van der Waals surface area (Å²) in [5.74, 6) is -2.04. The van der Waals surface area contributed by atoms with E-state index in [2.05, 4.69) is 5.32 Å². The molecule has 3 rings (SSSR count). The Bertz CT molecular complexity index is 931. The van der Waals surface area contributed by atoms with Gasteiger partial charge in [-0.05, 0) is 36.8 Å². The number of carbonyl (C=O) groups excluding carboxylic acids is 1. The van der Waals surface area contributed by atoms with Crippen molar-refractivity contribution >= 4 is 29.0 Å². The first-order valence-electron chi connectivity index (χ1n) is 8.89. The maximum Gasteiger partial charge on any atom is 0.338 e. The number of rotatable bonds is 5. The standard InChI is InChI=1S/C21H20F2N2O2S/c1-3-7-17-18(20(26)27-2)19(15-11-10-13(22)12-16(15)23)24-21(28)25(17)14-8-5-4-6-9-14/h4-6,8-12,19H,3,7H2,1-2H3,(H,24,28)/t19-/m1/s1. The maximum absolute atomic E-state index is 14.5. The van der Waals surface area contributed by atoms with Crippen LogP contribution >= 0.6 is 12.2 Å². The molecule has 0 saturated carbocycles. The molecule has 0 unspecified atom stereocenters. The number of esters is 1.